The van der Waals surface area contributed by atoms with E-state index in [1.54, 1.807) is 7.11 Å². The maximum absolute atomic E-state index is 5.64. The van der Waals surface area contributed by atoms with Gasteiger partial charge in [0, 0.05) is 13.2 Å². The van der Waals surface area contributed by atoms with Crippen LogP contribution in [0, 0.1) is 5.92 Å². The molecule has 1 aromatic carbocycles. The number of rotatable bonds is 3. The smallest absolute Gasteiger partial charge is 0.188 e. The van der Waals surface area contributed by atoms with Crippen LogP contribution < -0.4 is 9.47 Å². The Morgan fingerprint density at radius 1 is 1.47 bits per heavy atom. The molecule has 3 nitrogen and oxygen atoms in total. The first-order valence-electron chi connectivity index (χ1n) is 5.17. The van der Waals surface area contributed by atoms with E-state index in [0.29, 0.717) is 5.92 Å². The molecule has 0 saturated carbocycles. The highest BCUT2D eigenvalue weighted by molar-refractivity contribution is 5.41. The molecule has 1 aliphatic rings. The van der Waals surface area contributed by atoms with Gasteiger partial charge in [0.2, 0.25) is 0 Å². The van der Waals surface area contributed by atoms with Crippen LogP contribution in [0.3, 0.4) is 0 Å². The van der Waals surface area contributed by atoms with Gasteiger partial charge in [-0.05, 0) is 24.0 Å². The second kappa shape index (κ2) is 4.53. The van der Waals surface area contributed by atoms with Crippen LogP contribution >= 0.6 is 0 Å². The SMILES string of the molecule is COCOc1ccc2c(c1)OCC(C)C2. The summed E-state index contributed by atoms with van der Waals surface area (Å²) in [6.45, 7) is 3.26. The van der Waals surface area contributed by atoms with Crippen LogP contribution in [0.2, 0.25) is 0 Å². The predicted molar refractivity (Wildman–Crippen MR) is 57.3 cm³/mol. The van der Waals surface area contributed by atoms with Crippen molar-refractivity contribution in [1.29, 1.82) is 0 Å². The number of hydrogen-bond donors (Lipinski definition) is 0. The normalized spacial score (nSPS) is 19.2. The van der Waals surface area contributed by atoms with Gasteiger partial charge in [-0.15, -0.1) is 0 Å². The minimum atomic E-state index is 0.273. The lowest BCUT2D eigenvalue weighted by Crippen LogP contribution is -2.17. The fourth-order valence-electron chi connectivity index (χ4n) is 1.72. The average molecular weight is 208 g/mol. The summed E-state index contributed by atoms with van der Waals surface area (Å²) >= 11 is 0. The third kappa shape index (κ3) is 2.42. The van der Waals surface area contributed by atoms with Crippen molar-refractivity contribution >= 4 is 0 Å². The molecule has 0 bridgehead atoms. The second-order valence-electron chi connectivity index (χ2n) is 3.94. The molecule has 0 radical (unpaired) electrons. The minimum Gasteiger partial charge on any atom is -0.493 e. The lowest BCUT2D eigenvalue weighted by molar-refractivity contribution is 0.0508. The number of benzene rings is 1. The molecule has 82 valence electrons. The van der Waals surface area contributed by atoms with Gasteiger partial charge >= 0.3 is 0 Å². The fourth-order valence-corrected chi connectivity index (χ4v) is 1.72. The molecule has 15 heavy (non-hydrogen) atoms. The Morgan fingerprint density at radius 3 is 3.13 bits per heavy atom. The second-order valence-corrected chi connectivity index (χ2v) is 3.94. The topological polar surface area (TPSA) is 27.7 Å². The van der Waals surface area contributed by atoms with Crippen LogP contribution in [-0.4, -0.2) is 20.5 Å². The van der Waals surface area contributed by atoms with Crippen LogP contribution in [0.1, 0.15) is 12.5 Å². The number of fused-ring (bicyclic) bond motifs is 1. The van der Waals surface area contributed by atoms with Crippen LogP contribution in [0.25, 0.3) is 0 Å². The summed E-state index contributed by atoms with van der Waals surface area (Å²) in [5.74, 6) is 2.34. The largest absolute Gasteiger partial charge is 0.493 e. The molecule has 2 rings (SSSR count). The van der Waals surface area contributed by atoms with E-state index in [2.05, 4.69) is 13.0 Å². The average Bonchev–Trinajstić information content (AvgIpc) is 2.26. The van der Waals surface area contributed by atoms with E-state index in [0.717, 1.165) is 24.5 Å². The Hall–Kier alpha value is -1.22. The van der Waals surface area contributed by atoms with Gasteiger partial charge in [0.1, 0.15) is 11.5 Å². The zero-order valence-electron chi connectivity index (χ0n) is 9.16. The van der Waals surface area contributed by atoms with Crippen molar-refractivity contribution in [2.75, 3.05) is 20.5 Å². The summed E-state index contributed by atoms with van der Waals surface area (Å²) in [5, 5.41) is 0. The molecule has 1 atom stereocenters. The van der Waals surface area contributed by atoms with Gasteiger partial charge in [0.15, 0.2) is 6.79 Å². The molecule has 1 heterocycles. The molecule has 0 N–H and O–H groups in total. The quantitative estimate of drug-likeness (QED) is 0.713. The molecule has 1 unspecified atom stereocenters. The van der Waals surface area contributed by atoms with Crippen molar-refractivity contribution < 1.29 is 14.2 Å². The molecular weight excluding hydrogens is 192 g/mol. The summed E-state index contributed by atoms with van der Waals surface area (Å²) in [6.07, 6.45) is 1.08. The number of methoxy groups -OCH3 is 1. The van der Waals surface area contributed by atoms with Gasteiger partial charge in [-0.25, -0.2) is 0 Å². The highest BCUT2D eigenvalue weighted by Crippen LogP contribution is 2.30. The van der Waals surface area contributed by atoms with Crippen molar-refractivity contribution in [2.45, 2.75) is 13.3 Å². The van der Waals surface area contributed by atoms with E-state index in [1.807, 2.05) is 12.1 Å². The Bertz CT molecular complexity index is 336. The molecule has 0 aromatic heterocycles. The van der Waals surface area contributed by atoms with E-state index < -0.39 is 0 Å². The van der Waals surface area contributed by atoms with Gasteiger partial charge in [-0.2, -0.15) is 0 Å². The van der Waals surface area contributed by atoms with Crippen molar-refractivity contribution in [3.05, 3.63) is 23.8 Å². The van der Waals surface area contributed by atoms with E-state index in [-0.39, 0.29) is 6.79 Å². The molecule has 0 saturated heterocycles. The molecule has 1 aromatic rings. The van der Waals surface area contributed by atoms with Gasteiger partial charge in [0.05, 0.1) is 6.61 Å². The summed E-state index contributed by atoms with van der Waals surface area (Å²) in [6, 6.07) is 5.95. The van der Waals surface area contributed by atoms with E-state index in [1.165, 1.54) is 5.56 Å². The number of hydrogen-bond acceptors (Lipinski definition) is 3. The third-order valence-electron chi connectivity index (χ3n) is 2.47. The first-order valence-corrected chi connectivity index (χ1v) is 5.17. The lowest BCUT2D eigenvalue weighted by Gasteiger charge is -2.22. The number of ether oxygens (including phenoxy) is 3. The van der Waals surface area contributed by atoms with Crippen molar-refractivity contribution in [2.24, 2.45) is 5.92 Å². The standard InChI is InChI=1S/C12H16O3/c1-9-5-10-3-4-11(15-8-13-2)6-12(10)14-7-9/h3-4,6,9H,5,7-8H2,1-2H3. The molecule has 0 aliphatic carbocycles. The summed E-state index contributed by atoms with van der Waals surface area (Å²) < 4.78 is 15.8. The summed E-state index contributed by atoms with van der Waals surface area (Å²) in [7, 11) is 1.61. The van der Waals surface area contributed by atoms with Crippen molar-refractivity contribution in [3.8, 4) is 11.5 Å². The highest BCUT2D eigenvalue weighted by Gasteiger charge is 2.16. The van der Waals surface area contributed by atoms with Gasteiger partial charge in [-0.3, -0.25) is 0 Å². The Morgan fingerprint density at radius 2 is 2.33 bits per heavy atom. The van der Waals surface area contributed by atoms with Crippen molar-refractivity contribution in [3.63, 3.8) is 0 Å². The van der Waals surface area contributed by atoms with E-state index >= 15 is 0 Å². The first kappa shape index (κ1) is 10.3. The van der Waals surface area contributed by atoms with Crippen molar-refractivity contribution in [1.82, 2.24) is 0 Å². The summed E-state index contributed by atoms with van der Waals surface area (Å²) in [4.78, 5) is 0. The lowest BCUT2D eigenvalue weighted by atomic mass is 9.98. The Kier molecular flexibility index (Phi) is 3.11. The Labute approximate surface area is 90.0 Å². The molecule has 3 heteroatoms. The fraction of sp³-hybridized carbons (Fsp3) is 0.500. The van der Waals surface area contributed by atoms with Crippen LogP contribution in [0.4, 0.5) is 0 Å². The van der Waals surface area contributed by atoms with Gasteiger partial charge in [-0.1, -0.05) is 13.0 Å². The minimum absolute atomic E-state index is 0.273. The van der Waals surface area contributed by atoms with E-state index in [9.17, 15) is 0 Å². The first-order chi connectivity index (χ1) is 7.29. The monoisotopic (exact) mass is 208 g/mol. The van der Waals surface area contributed by atoms with Crippen LogP contribution in [0.15, 0.2) is 18.2 Å². The van der Waals surface area contributed by atoms with Gasteiger partial charge in [0.25, 0.3) is 0 Å². The molecule has 0 spiro atoms. The molecular formula is C12H16O3. The summed E-state index contributed by atoms with van der Waals surface area (Å²) in [5.41, 5.74) is 1.26. The van der Waals surface area contributed by atoms with Crippen LogP contribution in [0.5, 0.6) is 11.5 Å². The molecule has 1 aliphatic heterocycles. The van der Waals surface area contributed by atoms with E-state index in [4.69, 9.17) is 14.2 Å². The maximum atomic E-state index is 5.64. The molecule has 0 amide bonds. The zero-order valence-corrected chi connectivity index (χ0v) is 9.16. The predicted octanol–water partition coefficient (Wildman–Crippen LogP) is 2.24. The van der Waals surface area contributed by atoms with Crippen LogP contribution in [-0.2, 0) is 11.2 Å². The zero-order chi connectivity index (χ0) is 10.7. The maximum Gasteiger partial charge on any atom is 0.188 e. The molecule has 0 fully saturated rings. The Balaban J connectivity index is 2.12. The third-order valence-corrected chi connectivity index (χ3v) is 2.47. The highest BCUT2D eigenvalue weighted by atomic mass is 16.7. The van der Waals surface area contributed by atoms with Gasteiger partial charge < -0.3 is 14.2 Å².